The predicted octanol–water partition coefficient (Wildman–Crippen LogP) is 2.28. The van der Waals surface area contributed by atoms with Gasteiger partial charge in [-0.15, -0.1) is 0 Å². The number of imidazole rings is 1. The molecule has 0 unspecified atom stereocenters. The Labute approximate surface area is 127 Å². The van der Waals surface area contributed by atoms with Crippen LogP contribution in [0.4, 0.5) is 17.6 Å². The quantitative estimate of drug-likeness (QED) is 0.329. The van der Waals surface area contributed by atoms with E-state index in [1.807, 2.05) is 0 Å². The molecule has 0 bridgehead atoms. The van der Waals surface area contributed by atoms with Gasteiger partial charge in [-0.1, -0.05) is 19.8 Å². The Morgan fingerprint density at radius 3 is 2.18 bits per heavy atom. The Hall–Kier alpha value is -1.16. The van der Waals surface area contributed by atoms with Crippen LogP contribution in [0.15, 0.2) is 18.7 Å². The highest BCUT2D eigenvalue weighted by molar-refractivity contribution is 7.86. The Morgan fingerprint density at radius 2 is 1.86 bits per heavy atom. The third-order valence-electron chi connectivity index (χ3n) is 2.68. The van der Waals surface area contributed by atoms with Crippen LogP contribution in [0.5, 0.6) is 0 Å². The van der Waals surface area contributed by atoms with Gasteiger partial charge >= 0.3 is 11.7 Å². The third kappa shape index (κ3) is 7.21. The van der Waals surface area contributed by atoms with E-state index in [0.29, 0.717) is 0 Å². The first kappa shape index (κ1) is 20.8. The third-order valence-corrected chi connectivity index (χ3v) is 3.53. The molecule has 0 aliphatic carbocycles. The average molecular weight is 348 g/mol. The van der Waals surface area contributed by atoms with Crippen molar-refractivity contribution in [1.82, 2.24) is 4.57 Å². The minimum Gasteiger partial charge on any atom is -0.743 e. The van der Waals surface area contributed by atoms with Gasteiger partial charge in [-0.2, -0.15) is 8.78 Å². The molecule has 5 nitrogen and oxygen atoms in total. The molecule has 1 heterocycles. The molecular weight excluding hydrogens is 328 g/mol. The van der Waals surface area contributed by atoms with Gasteiger partial charge in [-0.05, 0) is 12.8 Å². The van der Waals surface area contributed by atoms with Crippen molar-refractivity contribution in [2.45, 2.75) is 50.8 Å². The Morgan fingerprint density at radius 1 is 1.27 bits per heavy atom. The standard InChI is InChI=1S/C10H19N2.C2H2F4O3S/c1-3-4-5-6-7-12-9-8-11(2)10-12;3-1(4)2(5,6)10(7,8)9/h8-10H,3-7H2,1-2H3;1H,(H,7,8,9)/q+1;/p-1. The number of halogens is 4. The van der Waals surface area contributed by atoms with Crippen LogP contribution < -0.4 is 4.57 Å². The molecule has 0 radical (unpaired) electrons. The van der Waals surface area contributed by atoms with Crippen molar-refractivity contribution >= 4 is 10.1 Å². The van der Waals surface area contributed by atoms with Crippen LogP contribution in [0.1, 0.15) is 32.6 Å². The lowest BCUT2D eigenvalue weighted by molar-refractivity contribution is -0.671. The van der Waals surface area contributed by atoms with Gasteiger partial charge in [0.25, 0.3) is 0 Å². The zero-order valence-corrected chi connectivity index (χ0v) is 13.2. The predicted molar refractivity (Wildman–Crippen MR) is 70.4 cm³/mol. The summed E-state index contributed by atoms with van der Waals surface area (Å²) in [6.07, 6.45) is 7.22. The van der Waals surface area contributed by atoms with E-state index in [2.05, 4.69) is 41.8 Å². The molecule has 1 aromatic heterocycles. The van der Waals surface area contributed by atoms with Crippen LogP contribution in [-0.4, -0.2) is 29.2 Å². The lowest BCUT2D eigenvalue weighted by Crippen LogP contribution is -2.36. The molecule has 22 heavy (non-hydrogen) atoms. The van der Waals surface area contributed by atoms with E-state index in [-0.39, 0.29) is 0 Å². The highest BCUT2D eigenvalue weighted by Gasteiger charge is 2.48. The van der Waals surface area contributed by atoms with Gasteiger partial charge in [0, 0.05) is 0 Å². The first-order chi connectivity index (χ1) is 10.0. The lowest BCUT2D eigenvalue weighted by atomic mass is 10.2. The van der Waals surface area contributed by atoms with E-state index in [1.165, 1.54) is 32.2 Å². The van der Waals surface area contributed by atoms with Crippen molar-refractivity contribution in [2.75, 3.05) is 0 Å². The summed E-state index contributed by atoms with van der Waals surface area (Å²) in [5.41, 5.74) is 0. The summed E-state index contributed by atoms with van der Waals surface area (Å²) in [5.74, 6) is 0. The highest BCUT2D eigenvalue weighted by Crippen LogP contribution is 2.27. The monoisotopic (exact) mass is 348 g/mol. The van der Waals surface area contributed by atoms with Gasteiger partial charge < -0.3 is 4.55 Å². The van der Waals surface area contributed by atoms with E-state index in [0.717, 1.165) is 0 Å². The minimum atomic E-state index is -6.23. The molecule has 130 valence electrons. The van der Waals surface area contributed by atoms with E-state index in [4.69, 9.17) is 0 Å². The molecule has 0 fully saturated rings. The van der Waals surface area contributed by atoms with Crippen LogP contribution in [0, 0.1) is 0 Å². The van der Waals surface area contributed by atoms with Gasteiger partial charge in [-0.25, -0.2) is 26.3 Å². The first-order valence-electron chi connectivity index (χ1n) is 6.64. The van der Waals surface area contributed by atoms with Crippen molar-refractivity contribution in [3.63, 3.8) is 0 Å². The zero-order valence-electron chi connectivity index (χ0n) is 12.4. The summed E-state index contributed by atoms with van der Waals surface area (Å²) in [4.78, 5) is 0. The van der Waals surface area contributed by atoms with E-state index >= 15 is 0 Å². The molecule has 0 amide bonds. The fraction of sp³-hybridized carbons (Fsp3) is 0.750. The Bertz CT molecular complexity index is 532. The lowest BCUT2D eigenvalue weighted by Gasteiger charge is -2.17. The first-order valence-corrected chi connectivity index (χ1v) is 8.05. The maximum atomic E-state index is 11.4. The van der Waals surface area contributed by atoms with E-state index in [1.54, 1.807) is 0 Å². The van der Waals surface area contributed by atoms with E-state index in [9.17, 15) is 30.5 Å². The van der Waals surface area contributed by atoms with Gasteiger partial charge in [0.2, 0.25) is 6.33 Å². The van der Waals surface area contributed by atoms with Crippen molar-refractivity contribution < 1.29 is 35.1 Å². The van der Waals surface area contributed by atoms with Crippen molar-refractivity contribution in [1.29, 1.82) is 0 Å². The Balaban J connectivity index is 0.000000409. The van der Waals surface area contributed by atoms with Crippen molar-refractivity contribution in [3.05, 3.63) is 18.7 Å². The number of hydrogen-bond acceptors (Lipinski definition) is 3. The molecule has 0 aromatic carbocycles. The second kappa shape index (κ2) is 9.09. The van der Waals surface area contributed by atoms with Crippen LogP contribution >= 0.6 is 0 Å². The molecule has 0 atom stereocenters. The van der Waals surface area contributed by atoms with Gasteiger partial charge in [0.1, 0.15) is 12.4 Å². The number of aryl methyl sites for hydroxylation is 2. The molecular formula is C12H20F4N2O3S. The smallest absolute Gasteiger partial charge is 0.393 e. The number of alkyl halides is 4. The molecule has 1 aromatic rings. The summed E-state index contributed by atoms with van der Waals surface area (Å²) < 4.78 is 77.0. The highest BCUT2D eigenvalue weighted by atomic mass is 32.2. The SMILES string of the molecule is CCCCCCn1cc[n+](C)c1.O=S(=O)([O-])C(F)(F)C(F)F. The molecule has 0 saturated carbocycles. The van der Waals surface area contributed by atoms with E-state index < -0.39 is 21.8 Å². The average Bonchev–Trinajstić information content (AvgIpc) is 2.80. The summed E-state index contributed by atoms with van der Waals surface area (Å²) >= 11 is 0. The number of rotatable bonds is 7. The molecule has 0 aliphatic heterocycles. The summed E-state index contributed by atoms with van der Waals surface area (Å²) in [5, 5.41) is -5.48. The molecule has 1 rings (SSSR count). The van der Waals surface area contributed by atoms with Crippen LogP contribution in [0.25, 0.3) is 0 Å². The maximum absolute atomic E-state index is 11.4. The summed E-state index contributed by atoms with van der Waals surface area (Å²) in [7, 11) is -4.18. The van der Waals surface area contributed by atoms with Gasteiger partial charge in [0.05, 0.1) is 13.6 Å². The fourth-order valence-electron chi connectivity index (χ4n) is 1.46. The zero-order chi connectivity index (χ0) is 17.4. The van der Waals surface area contributed by atoms with Gasteiger partial charge in [0.15, 0.2) is 10.1 Å². The molecule has 0 aliphatic rings. The topological polar surface area (TPSA) is 66.0 Å². The molecule has 0 N–H and O–H groups in total. The second-order valence-electron chi connectivity index (χ2n) is 4.69. The summed E-state index contributed by atoms with van der Waals surface area (Å²) in [6.45, 7) is 3.41. The molecule has 0 spiro atoms. The second-order valence-corrected chi connectivity index (χ2v) is 6.15. The molecule has 10 heteroatoms. The van der Waals surface area contributed by atoms with Crippen molar-refractivity contribution in [2.24, 2.45) is 7.05 Å². The molecule has 0 saturated heterocycles. The van der Waals surface area contributed by atoms with Crippen molar-refractivity contribution in [3.8, 4) is 0 Å². The van der Waals surface area contributed by atoms with Gasteiger partial charge in [-0.3, -0.25) is 0 Å². The van der Waals surface area contributed by atoms with Crippen LogP contribution in [-0.2, 0) is 23.7 Å². The minimum absolute atomic E-state index is 1.17. The Kier molecular flexibility index (Phi) is 8.61. The fourth-order valence-corrected chi connectivity index (χ4v) is 1.68. The number of hydrogen-bond donors (Lipinski definition) is 0. The maximum Gasteiger partial charge on any atom is 0.393 e. The largest absolute Gasteiger partial charge is 0.743 e. The van der Waals surface area contributed by atoms with Crippen LogP contribution in [0.3, 0.4) is 0 Å². The van der Waals surface area contributed by atoms with Crippen LogP contribution in [0.2, 0.25) is 0 Å². The normalized spacial score (nSPS) is 12.2. The summed E-state index contributed by atoms with van der Waals surface area (Å²) in [6, 6.07) is 0. The number of aromatic nitrogens is 2. The number of nitrogens with zero attached hydrogens (tertiary/aromatic N) is 2. The number of unbranched alkanes of at least 4 members (excludes halogenated alkanes) is 3.